The molecule has 0 radical (unpaired) electrons. The minimum Gasteiger partial charge on any atom is -0.457 e. The summed E-state index contributed by atoms with van der Waals surface area (Å²) in [5, 5.41) is 0. The Balaban J connectivity index is 1.28. The van der Waals surface area contributed by atoms with E-state index in [0.717, 1.165) is 32.1 Å². The lowest BCUT2D eigenvalue weighted by Crippen LogP contribution is -2.28. The summed E-state index contributed by atoms with van der Waals surface area (Å²) >= 11 is 0. The lowest BCUT2D eigenvalue weighted by Gasteiger charge is -2.21. The quantitative estimate of drug-likeness (QED) is 0.397. The number of rotatable bonds is 7. The fourth-order valence-corrected chi connectivity index (χ4v) is 3.65. The zero-order valence-corrected chi connectivity index (χ0v) is 15.7. The van der Waals surface area contributed by atoms with Gasteiger partial charge in [-0.25, -0.2) is 9.59 Å². The zero-order chi connectivity index (χ0) is 18.2. The SMILES string of the molecule is CC(CCC1(C)OC1C)COC(=O)C(=O)OCC1CCC2(C)OC2C1. The molecule has 6 atom stereocenters. The number of esters is 2. The maximum Gasteiger partial charge on any atom is 0.417 e. The number of carbonyl (C=O) groups excluding carboxylic acids is 2. The van der Waals surface area contributed by atoms with E-state index >= 15 is 0 Å². The van der Waals surface area contributed by atoms with Gasteiger partial charge in [0.05, 0.1) is 36.6 Å². The summed E-state index contributed by atoms with van der Waals surface area (Å²) in [6, 6.07) is 0. The van der Waals surface area contributed by atoms with Crippen LogP contribution < -0.4 is 0 Å². The van der Waals surface area contributed by atoms with Crippen molar-refractivity contribution in [3.63, 3.8) is 0 Å². The van der Waals surface area contributed by atoms with Crippen LogP contribution in [0.4, 0.5) is 0 Å². The van der Waals surface area contributed by atoms with Crippen molar-refractivity contribution in [3.05, 3.63) is 0 Å². The van der Waals surface area contributed by atoms with Gasteiger partial charge < -0.3 is 18.9 Å². The molecule has 0 aromatic rings. The third kappa shape index (κ3) is 4.53. The largest absolute Gasteiger partial charge is 0.457 e. The van der Waals surface area contributed by atoms with E-state index < -0.39 is 11.9 Å². The molecule has 0 amide bonds. The summed E-state index contributed by atoms with van der Waals surface area (Å²) in [7, 11) is 0. The lowest BCUT2D eigenvalue weighted by molar-refractivity contribution is -0.169. The molecule has 1 aliphatic carbocycles. The van der Waals surface area contributed by atoms with Crippen molar-refractivity contribution in [2.75, 3.05) is 13.2 Å². The fraction of sp³-hybridized carbons (Fsp3) is 0.895. The molecule has 0 aromatic heterocycles. The van der Waals surface area contributed by atoms with Crippen molar-refractivity contribution < 1.29 is 28.5 Å². The maximum absolute atomic E-state index is 11.8. The van der Waals surface area contributed by atoms with E-state index in [1.165, 1.54) is 0 Å². The molecule has 6 nitrogen and oxygen atoms in total. The van der Waals surface area contributed by atoms with Gasteiger partial charge in [-0.2, -0.15) is 0 Å². The Bertz CT molecular complexity index is 534. The van der Waals surface area contributed by atoms with Crippen molar-refractivity contribution in [1.29, 1.82) is 0 Å². The van der Waals surface area contributed by atoms with Crippen LogP contribution in [-0.2, 0) is 28.5 Å². The molecule has 2 heterocycles. The Morgan fingerprint density at radius 2 is 1.88 bits per heavy atom. The predicted octanol–water partition coefficient (Wildman–Crippen LogP) is 2.62. The van der Waals surface area contributed by atoms with Gasteiger partial charge in [0.1, 0.15) is 0 Å². The van der Waals surface area contributed by atoms with Crippen molar-refractivity contribution in [3.8, 4) is 0 Å². The van der Waals surface area contributed by atoms with E-state index in [1.54, 1.807) is 0 Å². The number of hydrogen-bond donors (Lipinski definition) is 0. The highest BCUT2D eigenvalue weighted by molar-refractivity contribution is 6.29. The smallest absolute Gasteiger partial charge is 0.417 e. The second-order valence-corrected chi connectivity index (χ2v) is 8.47. The van der Waals surface area contributed by atoms with Crippen LogP contribution in [-0.4, -0.2) is 48.6 Å². The van der Waals surface area contributed by atoms with E-state index in [-0.39, 0.29) is 42.4 Å². The number of fused-ring (bicyclic) bond motifs is 1. The van der Waals surface area contributed by atoms with Gasteiger partial charge in [0.2, 0.25) is 0 Å². The second kappa shape index (κ2) is 6.88. The molecule has 6 heteroatoms. The van der Waals surface area contributed by atoms with Crippen molar-refractivity contribution in [2.45, 2.75) is 83.2 Å². The van der Waals surface area contributed by atoms with Crippen LogP contribution in [0.15, 0.2) is 0 Å². The van der Waals surface area contributed by atoms with Crippen LogP contribution in [0, 0.1) is 11.8 Å². The van der Waals surface area contributed by atoms with Crippen LogP contribution in [0.25, 0.3) is 0 Å². The summed E-state index contributed by atoms with van der Waals surface area (Å²) in [4.78, 5) is 23.5. The van der Waals surface area contributed by atoms with E-state index in [2.05, 4.69) is 20.8 Å². The molecule has 2 aliphatic heterocycles. The molecule has 3 fully saturated rings. The first kappa shape index (κ1) is 18.6. The molecule has 0 aromatic carbocycles. The van der Waals surface area contributed by atoms with Gasteiger partial charge in [0.15, 0.2) is 0 Å². The molecule has 0 bridgehead atoms. The molecule has 0 spiro atoms. The Kier molecular flexibility index (Phi) is 5.13. The average Bonchev–Trinajstić information content (AvgIpc) is 3.42. The first-order valence-corrected chi connectivity index (χ1v) is 9.41. The predicted molar refractivity (Wildman–Crippen MR) is 89.9 cm³/mol. The Morgan fingerprint density at radius 1 is 1.20 bits per heavy atom. The number of ether oxygens (including phenoxy) is 4. The number of carbonyl (C=O) groups is 2. The molecule has 142 valence electrons. The second-order valence-electron chi connectivity index (χ2n) is 8.47. The number of hydrogen-bond acceptors (Lipinski definition) is 6. The summed E-state index contributed by atoms with van der Waals surface area (Å²) in [6.45, 7) is 8.78. The Morgan fingerprint density at radius 3 is 2.52 bits per heavy atom. The average molecular weight is 354 g/mol. The standard InChI is InChI=1S/C19H30O6/c1-12(5-7-18(3)13(2)24-18)10-22-16(20)17(21)23-11-14-6-8-19(4)15(9-14)25-19/h12-15H,5-11H2,1-4H3. The lowest BCUT2D eigenvalue weighted by atomic mass is 9.83. The molecular formula is C19H30O6. The normalized spacial score (nSPS) is 39.9. The molecular weight excluding hydrogens is 324 g/mol. The van der Waals surface area contributed by atoms with Gasteiger partial charge in [-0.1, -0.05) is 6.92 Å². The summed E-state index contributed by atoms with van der Waals surface area (Å²) < 4.78 is 21.4. The van der Waals surface area contributed by atoms with Gasteiger partial charge in [0, 0.05) is 0 Å². The maximum atomic E-state index is 11.8. The highest BCUT2D eigenvalue weighted by atomic mass is 16.6. The summed E-state index contributed by atoms with van der Waals surface area (Å²) in [5.74, 6) is -1.31. The molecule has 1 saturated carbocycles. The Hall–Kier alpha value is -1.14. The third-order valence-corrected chi connectivity index (χ3v) is 6.13. The fourth-order valence-electron chi connectivity index (χ4n) is 3.65. The van der Waals surface area contributed by atoms with Gasteiger partial charge in [-0.15, -0.1) is 0 Å². The Labute approximate surface area is 149 Å². The van der Waals surface area contributed by atoms with Crippen LogP contribution >= 0.6 is 0 Å². The van der Waals surface area contributed by atoms with Crippen LogP contribution in [0.3, 0.4) is 0 Å². The van der Waals surface area contributed by atoms with E-state index in [9.17, 15) is 9.59 Å². The van der Waals surface area contributed by atoms with Gasteiger partial charge in [-0.3, -0.25) is 0 Å². The molecule has 3 aliphatic rings. The molecule has 2 saturated heterocycles. The molecule has 6 unspecified atom stereocenters. The van der Waals surface area contributed by atoms with Crippen LogP contribution in [0.1, 0.15) is 59.8 Å². The highest BCUT2D eigenvalue weighted by Gasteiger charge is 2.55. The first-order chi connectivity index (χ1) is 11.7. The third-order valence-electron chi connectivity index (χ3n) is 6.13. The van der Waals surface area contributed by atoms with E-state index in [1.807, 2.05) is 6.92 Å². The summed E-state index contributed by atoms with van der Waals surface area (Å²) in [6.07, 6.45) is 5.27. The van der Waals surface area contributed by atoms with Gasteiger partial charge >= 0.3 is 11.9 Å². The van der Waals surface area contributed by atoms with Crippen LogP contribution in [0.5, 0.6) is 0 Å². The number of epoxide rings is 2. The van der Waals surface area contributed by atoms with Gasteiger partial charge in [-0.05, 0) is 64.7 Å². The minimum atomic E-state index is -0.891. The molecule has 0 N–H and O–H groups in total. The van der Waals surface area contributed by atoms with Crippen molar-refractivity contribution in [1.82, 2.24) is 0 Å². The first-order valence-electron chi connectivity index (χ1n) is 9.41. The summed E-state index contributed by atoms with van der Waals surface area (Å²) in [5.41, 5.74) is 0.0223. The van der Waals surface area contributed by atoms with E-state index in [0.29, 0.717) is 6.10 Å². The highest BCUT2D eigenvalue weighted by Crippen LogP contribution is 2.49. The molecule has 25 heavy (non-hydrogen) atoms. The topological polar surface area (TPSA) is 77.7 Å². The van der Waals surface area contributed by atoms with E-state index in [4.69, 9.17) is 18.9 Å². The monoisotopic (exact) mass is 354 g/mol. The van der Waals surface area contributed by atoms with Crippen molar-refractivity contribution >= 4 is 11.9 Å². The van der Waals surface area contributed by atoms with Crippen LogP contribution in [0.2, 0.25) is 0 Å². The molecule has 3 rings (SSSR count). The minimum absolute atomic E-state index is 0.0292. The zero-order valence-electron chi connectivity index (χ0n) is 15.7. The van der Waals surface area contributed by atoms with Crippen molar-refractivity contribution in [2.24, 2.45) is 11.8 Å². The van der Waals surface area contributed by atoms with Gasteiger partial charge in [0.25, 0.3) is 0 Å².